The highest BCUT2D eigenvalue weighted by Crippen LogP contribution is 2.20. The summed E-state index contributed by atoms with van der Waals surface area (Å²) in [5, 5.41) is 23.3. The largest absolute Gasteiger partial charge is 0.480 e. The lowest BCUT2D eigenvalue weighted by molar-refractivity contribution is -0.141. The van der Waals surface area contributed by atoms with Gasteiger partial charge < -0.3 is 20.4 Å². The van der Waals surface area contributed by atoms with Gasteiger partial charge in [0.25, 0.3) is 0 Å². The number of nitrogens with one attached hydrogen (secondary N) is 1. The average molecular weight is 298 g/mol. The Kier molecular flexibility index (Phi) is 4.61. The summed E-state index contributed by atoms with van der Waals surface area (Å²) >= 11 is 1.57. The molecule has 0 spiro atoms. The van der Waals surface area contributed by atoms with Crippen molar-refractivity contribution < 1.29 is 19.8 Å². The Morgan fingerprint density at radius 3 is 2.95 bits per heavy atom. The lowest BCUT2D eigenvalue weighted by Gasteiger charge is -2.21. The number of hydrogen-bond acceptors (Lipinski definition) is 4. The fourth-order valence-corrected chi connectivity index (χ4v) is 3.28. The van der Waals surface area contributed by atoms with Crippen LogP contribution in [-0.4, -0.2) is 45.8 Å². The second-order valence-corrected chi connectivity index (χ2v) is 5.78. The molecular formula is C13H18N2O4S. The molecule has 2 amide bonds. The van der Waals surface area contributed by atoms with Crippen LogP contribution < -0.4 is 5.32 Å². The van der Waals surface area contributed by atoms with Crippen LogP contribution in [-0.2, 0) is 17.8 Å². The zero-order valence-corrected chi connectivity index (χ0v) is 12.0. The molecule has 0 radical (unpaired) electrons. The lowest BCUT2D eigenvalue weighted by Crippen LogP contribution is -2.45. The van der Waals surface area contributed by atoms with Crippen molar-refractivity contribution >= 4 is 23.3 Å². The van der Waals surface area contributed by atoms with E-state index in [-0.39, 0.29) is 13.0 Å². The molecule has 3 N–H and O–H groups in total. The van der Waals surface area contributed by atoms with E-state index in [1.165, 1.54) is 10.5 Å². The van der Waals surface area contributed by atoms with Crippen molar-refractivity contribution in [3.8, 4) is 0 Å². The molecule has 6 nitrogen and oxygen atoms in total. The van der Waals surface area contributed by atoms with Crippen molar-refractivity contribution in [1.29, 1.82) is 0 Å². The number of aliphatic carboxylic acids is 1. The van der Waals surface area contributed by atoms with Crippen LogP contribution in [0.15, 0.2) is 11.4 Å². The maximum absolute atomic E-state index is 12.0. The number of aryl methyl sites for hydroxylation is 1. The van der Waals surface area contributed by atoms with Gasteiger partial charge in [0.05, 0.1) is 12.6 Å². The molecule has 2 unspecified atom stereocenters. The third-order valence-electron chi connectivity index (χ3n) is 3.44. The molecule has 1 aromatic rings. The number of rotatable bonds is 4. The molecule has 110 valence electrons. The maximum atomic E-state index is 12.0. The molecule has 2 atom stereocenters. The number of thiophene rings is 1. The Hall–Kier alpha value is -1.60. The van der Waals surface area contributed by atoms with E-state index >= 15 is 0 Å². The fraction of sp³-hybridized carbons (Fsp3) is 0.538. The molecule has 2 rings (SSSR count). The van der Waals surface area contributed by atoms with Gasteiger partial charge in [-0.1, -0.05) is 6.92 Å². The van der Waals surface area contributed by atoms with E-state index in [1.807, 2.05) is 18.4 Å². The minimum atomic E-state index is -1.08. The number of carboxylic acids is 1. The Balaban J connectivity index is 1.96. The standard InChI is InChI=1S/C13H18N2O4S/c1-2-8-3-4-20-11(8)6-14-13(19)15-7-9(16)5-10(15)12(17)18/h3-4,9-10,16H,2,5-7H2,1H3,(H,14,19)(H,17,18). The Morgan fingerprint density at radius 1 is 1.55 bits per heavy atom. The molecule has 1 saturated heterocycles. The van der Waals surface area contributed by atoms with Gasteiger partial charge >= 0.3 is 12.0 Å². The summed E-state index contributed by atoms with van der Waals surface area (Å²) in [6.07, 6.45) is 0.214. The van der Waals surface area contributed by atoms with Crippen molar-refractivity contribution in [3.05, 3.63) is 21.9 Å². The molecular weight excluding hydrogens is 280 g/mol. The van der Waals surface area contributed by atoms with E-state index < -0.39 is 24.1 Å². The number of aliphatic hydroxyl groups excluding tert-OH is 1. The second kappa shape index (κ2) is 6.23. The van der Waals surface area contributed by atoms with Gasteiger partial charge in [0.1, 0.15) is 6.04 Å². The minimum absolute atomic E-state index is 0.0634. The molecule has 2 heterocycles. The van der Waals surface area contributed by atoms with E-state index in [0.717, 1.165) is 11.3 Å². The molecule has 0 bridgehead atoms. The molecule has 1 fully saturated rings. The first-order valence-electron chi connectivity index (χ1n) is 6.53. The van der Waals surface area contributed by atoms with E-state index in [4.69, 9.17) is 5.11 Å². The molecule has 1 aliphatic heterocycles. The number of β-amino-alcohol motifs (C(OH)–C–C–N with tert-alkyl or cyclic N) is 1. The van der Waals surface area contributed by atoms with Crippen molar-refractivity contribution in [2.45, 2.75) is 38.5 Å². The summed E-state index contributed by atoms with van der Waals surface area (Å²) in [6, 6.07) is 0.634. The van der Waals surface area contributed by atoms with E-state index in [2.05, 4.69) is 5.32 Å². The second-order valence-electron chi connectivity index (χ2n) is 4.78. The summed E-state index contributed by atoms with van der Waals surface area (Å²) in [5.74, 6) is -1.08. The summed E-state index contributed by atoms with van der Waals surface area (Å²) in [5.41, 5.74) is 1.19. The molecule has 7 heteroatoms. The van der Waals surface area contributed by atoms with E-state index in [9.17, 15) is 14.7 Å². The van der Waals surface area contributed by atoms with E-state index in [0.29, 0.717) is 6.54 Å². The van der Waals surface area contributed by atoms with Crippen LogP contribution in [0.2, 0.25) is 0 Å². The quantitative estimate of drug-likeness (QED) is 0.775. The van der Waals surface area contributed by atoms with Crippen molar-refractivity contribution in [2.24, 2.45) is 0 Å². The molecule has 1 aliphatic rings. The Bertz CT molecular complexity index is 502. The molecule has 0 aliphatic carbocycles. The summed E-state index contributed by atoms with van der Waals surface area (Å²) in [7, 11) is 0. The zero-order valence-electron chi connectivity index (χ0n) is 11.2. The van der Waals surface area contributed by atoms with Crippen molar-refractivity contribution in [1.82, 2.24) is 10.2 Å². The molecule has 1 aromatic heterocycles. The molecule has 0 aromatic carbocycles. The normalized spacial score (nSPS) is 22.0. The predicted molar refractivity (Wildman–Crippen MR) is 74.7 cm³/mol. The monoisotopic (exact) mass is 298 g/mol. The highest BCUT2D eigenvalue weighted by molar-refractivity contribution is 7.10. The van der Waals surface area contributed by atoms with Crippen molar-refractivity contribution in [2.75, 3.05) is 6.54 Å². The number of aliphatic hydroxyl groups is 1. The SMILES string of the molecule is CCc1ccsc1CNC(=O)N1CC(O)CC1C(=O)O. The number of amides is 2. The highest BCUT2D eigenvalue weighted by atomic mass is 32.1. The van der Waals surface area contributed by atoms with Gasteiger partial charge in [0, 0.05) is 17.8 Å². The van der Waals surface area contributed by atoms with Crippen LogP contribution in [0.25, 0.3) is 0 Å². The highest BCUT2D eigenvalue weighted by Gasteiger charge is 2.38. The van der Waals surface area contributed by atoms with Crippen LogP contribution in [0.5, 0.6) is 0 Å². The van der Waals surface area contributed by atoms with Crippen LogP contribution in [0.3, 0.4) is 0 Å². The van der Waals surface area contributed by atoms with Crippen molar-refractivity contribution in [3.63, 3.8) is 0 Å². The minimum Gasteiger partial charge on any atom is -0.480 e. The first-order valence-corrected chi connectivity index (χ1v) is 7.41. The van der Waals surface area contributed by atoms with Crippen LogP contribution in [0.1, 0.15) is 23.8 Å². The number of urea groups is 1. The predicted octanol–water partition coefficient (Wildman–Crippen LogP) is 1.04. The average Bonchev–Trinajstić information content (AvgIpc) is 3.01. The zero-order chi connectivity index (χ0) is 14.7. The lowest BCUT2D eigenvalue weighted by atomic mass is 10.2. The van der Waals surface area contributed by atoms with Crippen LogP contribution >= 0.6 is 11.3 Å². The van der Waals surface area contributed by atoms with Gasteiger partial charge in [0.15, 0.2) is 0 Å². The van der Waals surface area contributed by atoms with Crippen LogP contribution in [0, 0.1) is 0 Å². The van der Waals surface area contributed by atoms with E-state index in [1.54, 1.807) is 11.3 Å². The number of hydrogen-bond donors (Lipinski definition) is 3. The maximum Gasteiger partial charge on any atom is 0.326 e. The van der Waals surface area contributed by atoms with Crippen LogP contribution in [0.4, 0.5) is 4.79 Å². The number of carbonyl (C=O) groups excluding carboxylic acids is 1. The van der Waals surface area contributed by atoms with Gasteiger partial charge in [-0.2, -0.15) is 0 Å². The summed E-state index contributed by atoms with van der Waals surface area (Å²) in [6.45, 7) is 2.50. The molecule has 0 saturated carbocycles. The molecule has 20 heavy (non-hydrogen) atoms. The van der Waals surface area contributed by atoms with Gasteiger partial charge in [-0.25, -0.2) is 9.59 Å². The number of carbonyl (C=O) groups is 2. The number of likely N-dealkylation sites (tertiary alicyclic amines) is 1. The third-order valence-corrected chi connectivity index (χ3v) is 4.41. The smallest absolute Gasteiger partial charge is 0.326 e. The summed E-state index contributed by atoms with van der Waals surface area (Å²) in [4.78, 5) is 25.4. The van der Waals surface area contributed by atoms with Gasteiger partial charge in [-0.15, -0.1) is 11.3 Å². The first-order chi connectivity index (χ1) is 9.52. The van der Waals surface area contributed by atoms with Gasteiger partial charge in [0.2, 0.25) is 0 Å². The Labute approximate surface area is 121 Å². The number of nitrogens with zero attached hydrogens (tertiary/aromatic N) is 1. The van der Waals surface area contributed by atoms with Gasteiger partial charge in [-0.3, -0.25) is 0 Å². The van der Waals surface area contributed by atoms with Gasteiger partial charge in [-0.05, 0) is 23.4 Å². The summed E-state index contributed by atoms with van der Waals surface area (Å²) < 4.78 is 0. The third kappa shape index (κ3) is 3.10. The fourth-order valence-electron chi connectivity index (χ4n) is 2.37. The Morgan fingerprint density at radius 2 is 2.30 bits per heavy atom. The number of carboxylic acid groups (broad SMARTS) is 1. The first kappa shape index (κ1) is 14.8. The topological polar surface area (TPSA) is 89.9 Å².